The molecule has 0 spiro atoms. The van der Waals surface area contributed by atoms with E-state index in [1.807, 2.05) is 11.8 Å². The zero-order chi connectivity index (χ0) is 13.1. The molecule has 1 fully saturated rings. The summed E-state index contributed by atoms with van der Waals surface area (Å²) in [5, 5.41) is 3.01. The molecule has 3 nitrogen and oxygen atoms in total. The number of nitrogens with one attached hydrogen (secondary N) is 1. The number of amides is 1. The minimum atomic E-state index is -0.756. The molecule has 1 aliphatic carbocycles. The van der Waals surface area contributed by atoms with Crippen molar-refractivity contribution < 1.29 is 4.79 Å². The van der Waals surface area contributed by atoms with E-state index in [1.54, 1.807) is 13.8 Å². The zero-order valence-corrected chi connectivity index (χ0v) is 12.5. The van der Waals surface area contributed by atoms with Crippen LogP contribution in [-0.2, 0) is 4.79 Å². The lowest BCUT2D eigenvalue weighted by Crippen LogP contribution is -2.48. The minimum Gasteiger partial charge on any atom is -0.392 e. The van der Waals surface area contributed by atoms with E-state index in [4.69, 9.17) is 18.0 Å². The molecule has 0 radical (unpaired) electrons. The second kappa shape index (κ2) is 5.57. The van der Waals surface area contributed by atoms with Crippen LogP contribution in [0.2, 0.25) is 0 Å². The molecule has 0 aromatic carbocycles. The molecule has 1 aliphatic rings. The highest BCUT2D eigenvalue weighted by atomic mass is 32.2. The standard InChI is InChI=1S/C12H22N2OS2/c1-11(2,9(13)16)10(15)14-8-12(17-3)6-4-5-7-12/h4-8H2,1-3H3,(H2,13,16)(H,14,15). The van der Waals surface area contributed by atoms with Crippen LogP contribution in [0.15, 0.2) is 0 Å². The number of carbonyl (C=O) groups is 1. The van der Waals surface area contributed by atoms with E-state index in [9.17, 15) is 4.79 Å². The number of carbonyl (C=O) groups excluding carboxylic acids is 1. The quantitative estimate of drug-likeness (QED) is 0.754. The van der Waals surface area contributed by atoms with Crippen molar-refractivity contribution in [1.29, 1.82) is 0 Å². The molecular weight excluding hydrogens is 252 g/mol. The van der Waals surface area contributed by atoms with Crippen LogP contribution in [0.1, 0.15) is 39.5 Å². The Labute approximate surface area is 113 Å². The third-order valence-corrected chi connectivity index (χ3v) is 5.63. The Morgan fingerprint density at radius 3 is 2.41 bits per heavy atom. The first-order valence-corrected chi connectivity index (χ1v) is 7.61. The second-order valence-corrected chi connectivity index (χ2v) is 6.98. The molecule has 98 valence electrons. The topological polar surface area (TPSA) is 55.1 Å². The molecule has 0 heterocycles. The van der Waals surface area contributed by atoms with Gasteiger partial charge in [0.2, 0.25) is 5.91 Å². The highest BCUT2D eigenvalue weighted by Crippen LogP contribution is 2.39. The summed E-state index contributed by atoms with van der Waals surface area (Å²) in [4.78, 5) is 12.3. The van der Waals surface area contributed by atoms with Crippen molar-refractivity contribution in [3.05, 3.63) is 0 Å². The Morgan fingerprint density at radius 2 is 2.00 bits per heavy atom. The van der Waals surface area contributed by atoms with E-state index >= 15 is 0 Å². The molecule has 1 rings (SSSR count). The van der Waals surface area contributed by atoms with E-state index in [-0.39, 0.29) is 15.6 Å². The Balaban J connectivity index is 2.56. The summed E-state index contributed by atoms with van der Waals surface area (Å²) < 4.78 is 0.224. The van der Waals surface area contributed by atoms with Gasteiger partial charge < -0.3 is 11.1 Å². The first-order chi connectivity index (χ1) is 7.84. The number of thiocarbonyl (C=S) groups is 1. The van der Waals surface area contributed by atoms with Crippen LogP contribution in [0, 0.1) is 5.41 Å². The average Bonchev–Trinajstić information content (AvgIpc) is 2.75. The SMILES string of the molecule is CSC1(CNC(=O)C(C)(C)C(N)=S)CCCC1. The molecule has 5 heteroatoms. The van der Waals surface area contributed by atoms with Crippen molar-refractivity contribution in [2.45, 2.75) is 44.3 Å². The maximum absolute atomic E-state index is 12.0. The zero-order valence-electron chi connectivity index (χ0n) is 10.8. The molecule has 0 unspecified atom stereocenters. The van der Waals surface area contributed by atoms with E-state index in [0.29, 0.717) is 0 Å². The summed E-state index contributed by atoms with van der Waals surface area (Å²) in [6.07, 6.45) is 7.00. The van der Waals surface area contributed by atoms with Gasteiger partial charge in [-0.25, -0.2) is 0 Å². The Kier molecular flexibility index (Phi) is 4.84. The predicted molar refractivity (Wildman–Crippen MR) is 78.3 cm³/mol. The monoisotopic (exact) mass is 274 g/mol. The van der Waals surface area contributed by atoms with Gasteiger partial charge in [0.1, 0.15) is 0 Å². The Bertz CT molecular complexity index is 310. The number of rotatable bonds is 5. The van der Waals surface area contributed by atoms with Crippen molar-refractivity contribution in [2.24, 2.45) is 11.1 Å². The van der Waals surface area contributed by atoms with E-state index < -0.39 is 5.41 Å². The van der Waals surface area contributed by atoms with Crippen LogP contribution in [0.4, 0.5) is 0 Å². The van der Waals surface area contributed by atoms with Crippen molar-refractivity contribution in [3.8, 4) is 0 Å². The van der Waals surface area contributed by atoms with Crippen molar-refractivity contribution >= 4 is 34.9 Å². The Hall–Kier alpha value is -0.290. The number of nitrogens with two attached hydrogens (primary N) is 1. The summed E-state index contributed by atoms with van der Waals surface area (Å²) in [6.45, 7) is 4.26. The van der Waals surface area contributed by atoms with Gasteiger partial charge in [-0.1, -0.05) is 25.1 Å². The third kappa shape index (κ3) is 3.35. The fraction of sp³-hybridized carbons (Fsp3) is 0.833. The van der Waals surface area contributed by atoms with Gasteiger partial charge in [-0.05, 0) is 32.9 Å². The molecule has 0 aromatic rings. The summed E-state index contributed by atoms with van der Waals surface area (Å²) >= 11 is 6.79. The van der Waals surface area contributed by atoms with Crippen LogP contribution < -0.4 is 11.1 Å². The average molecular weight is 274 g/mol. The lowest BCUT2D eigenvalue weighted by molar-refractivity contribution is -0.126. The van der Waals surface area contributed by atoms with Gasteiger partial charge in [0.05, 0.1) is 10.4 Å². The summed E-state index contributed by atoms with van der Waals surface area (Å²) in [5.41, 5.74) is 4.83. The molecule has 0 saturated heterocycles. The molecule has 0 atom stereocenters. The molecule has 1 saturated carbocycles. The Morgan fingerprint density at radius 1 is 1.47 bits per heavy atom. The molecule has 0 aliphatic heterocycles. The molecule has 0 aromatic heterocycles. The van der Waals surface area contributed by atoms with Gasteiger partial charge in [0.15, 0.2) is 0 Å². The predicted octanol–water partition coefficient (Wildman–Crippen LogP) is 2.09. The first-order valence-electron chi connectivity index (χ1n) is 5.97. The smallest absolute Gasteiger partial charge is 0.232 e. The maximum atomic E-state index is 12.0. The highest BCUT2D eigenvalue weighted by Gasteiger charge is 2.36. The lowest BCUT2D eigenvalue weighted by Gasteiger charge is -2.29. The van der Waals surface area contributed by atoms with Crippen LogP contribution >= 0.6 is 24.0 Å². The molecular formula is C12H22N2OS2. The fourth-order valence-electron chi connectivity index (χ4n) is 2.05. The van der Waals surface area contributed by atoms with Crippen LogP contribution in [0.25, 0.3) is 0 Å². The maximum Gasteiger partial charge on any atom is 0.232 e. The van der Waals surface area contributed by atoms with Crippen molar-refractivity contribution in [3.63, 3.8) is 0 Å². The third-order valence-electron chi connectivity index (χ3n) is 3.70. The lowest BCUT2D eigenvalue weighted by atomic mass is 9.92. The number of hydrogen-bond acceptors (Lipinski definition) is 3. The molecule has 0 bridgehead atoms. The van der Waals surface area contributed by atoms with Gasteiger partial charge in [-0.3, -0.25) is 4.79 Å². The van der Waals surface area contributed by atoms with Gasteiger partial charge in [-0.15, -0.1) is 0 Å². The summed E-state index contributed by atoms with van der Waals surface area (Å²) in [5.74, 6) is -0.0645. The number of thioether (sulfide) groups is 1. The van der Waals surface area contributed by atoms with E-state index in [2.05, 4.69) is 11.6 Å². The van der Waals surface area contributed by atoms with Crippen LogP contribution in [0.3, 0.4) is 0 Å². The van der Waals surface area contributed by atoms with E-state index in [1.165, 1.54) is 25.7 Å². The van der Waals surface area contributed by atoms with Gasteiger partial charge in [0.25, 0.3) is 0 Å². The largest absolute Gasteiger partial charge is 0.392 e. The van der Waals surface area contributed by atoms with Crippen LogP contribution in [0.5, 0.6) is 0 Å². The summed E-state index contributed by atoms with van der Waals surface area (Å²) in [7, 11) is 0. The first kappa shape index (κ1) is 14.8. The number of hydrogen-bond donors (Lipinski definition) is 2. The van der Waals surface area contributed by atoms with Crippen molar-refractivity contribution in [1.82, 2.24) is 5.32 Å². The van der Waals surface area contributed by atoms with Crippen LogP contribution in [-0.4, -0.2) is 28.4 Å². The molecule has 17 heavy (non-hydrogen) atoms. The van der Waals surface area contributed by atoms with Gasteiger partial charge >= 0.3 is 0 Å². The van der Waals surface area contributed by atoms with Gasteiger partial charge in [0, 0.05) is 11.3 Å². The van der Waals surface area contributed by atoms with Crippen molar-refractivity contribution in [2.75, 3.05) is 12.8 Å². The van der Waals surface area contributed by atoms with E-state index in [0.717, 1.165) is 6.54 Å². The fourth-order valence-corrected chi connectivity index (χ4v) is 3.05. The summed E-state index contributed by atoms with van der Waals surface area (Å²) in [6, 6.07) is 0. The minimum absolute atomic E-state index is 0.0645. The molecule has 1 amide bonds. The van der Waals surface area contributed by atoms with Gasteiger partial charge in [-0.2, -0.15) is 11.8 Å². The molecule has 3 N–H and O–H groups in total. The second-order valence-electron chi connectivity index (χ2n) is 5.27. The normalized spacial score (nSPS) is 19.0. The highest BCUT2D eigenvalue weighted by molar-refractivity contribution is 8.00.